The quantitative estimate of drug-likeness (QED) is 0.713. The van der Waals surface area contributed by atoms with E-state index in [1.165, 1.54) is 37.7 Å². The van der Waals surface area contributed by atoms with Gasteiger partial charge >= 0.3 is 0 Å². The third-order valence-corrected chi connectivity index (χ3v) is 4.46. The van der Waals surface area contributed by atoms with Gasteiger partial charge in [0.1, 0.15) is 0 Å². The topological polar surface area (TPSA) is 21.3 Å². The maximum atomic E-state index is 5.66. The molecule has 3 unspecified atom stereocenters. The van der Waals surface area contributed by atoms with Crippen LogP contribution in [0.25, 0.3) is 0 Å². The summed E-state index contributed by atoms with van der Waals surface area (Å²) in [5, 5.41) is 3.79. The molecule has 1 N–H and O–H groups in total. The van der Waals surface area contributed by atoms with E-state index < -0.39 is 0 Å². The Kier molecular flexibility index (Phi) is 6.55. The SMILES string of the molecule is CCCCCC(NCC1CCOC1C)c1ccccc1. The summed E-state index contributed by atoms with van der Waals surface area (Å²) < 4.78 is 5.66. The predicted molar refractivity (Wildman–Crippen MR) is 84.8 cm³/mol. The molecule has 20 heavy (non-hydrogen) atoms. The summed E-state index contributed by atoms with van der Waals surface area (Å²) in [6.07, 6.45) is 6.77. The fraction of sp³-hybridized carbons (Fsp3) is 0.667. The van der Waals surface area contributed by atoms with Crippen LogP contribution in [-0.4, -0.2) is 19.3 Å². The fourth-order valence-electron chi connectivity index (χ4n) is 3.01. The van der Waals surface area contributed by atoms with E-state index in [4.69, 9.17) is 4.74 Å². The van der Waals surface area contributed by atoms with Crippen LogP contribution in [0.3, 0.4) is 0 Å². The van der Waals surface area contributed by atoms with Crippen LogP contribution in [0.4, 0.5) is 0 Å². The molecule has 1 heterocycles. The molecule has 1 aromatic carbocycles. The molecule has 0 aromatic heterocycles. The van der Waals surface area contributed by atoms with Crippen LogP contribution in [0, 0.1) is 5.92 Å². The molecule has 1 fully saturated rings. The second-order valence-electron chi connectivity index (χ2n) is 5.99. The second-order valence-corrected chi connectivity index (χ2v) is 5.99. The molecule has 2 nitrogen and oxygen atoms in total. The molecule has 0 spiro atoms. The normalized spacial score (nSPS) is 23.9. The predicted octanol–water partition coefficient (Wildman–Crippen LogP) is 4.32. The van der Waals surface area contributed by atoms with Crippen molar-refractivity contribution in [2.45, 2.75) is 58.1 Å². The molecular weight excluding hydrogens is 246 g/mol. The number of hydrogen-bond acceptors (Lipinski definition) is 2. The van der Waals surface area contributed by atoms with Crippen LogP contribution >= 0.6 is 0 Å². The van der Waals surface area contributed by atoms with Crippen molar-refractivity contribution in [3.05, 3.63) is 35.9 Å². The molecule has 3 atom stereocenters. The number of unbranched alkanes of at least 4 members (excludes halogenated alkanes) is 2. The molecule has 1 aromatic rings. The Morgan fingerprint density at radius 1 is 1.25 bits per heavy atom. The zero-order chi connectivity index (χ0) is 14.2. The van der Waals surface area contributed by atoms with E-state index in [2.05, 4.69) is 49.5 Å². The highest BCUT2D eigenvalue weighted by Gasteiger charge is 2.24. The summed E-state index contributed by atoms with van der Waals surface area (Å²) in [4.78, 5) is 0. The Morgan fingerprint density at radius 3 is 2.70 bits per heavy atom. The number of hydrogen-bond donors (Lipinski definition) is 1. The van der Waals surface area contributed by atoms with Crippen molar-refractivity contribution in [1.82, 2.24) is 5.32 Å². The van der Waals surface area contributed by atoms with Crippen molar-refractivity contribution in [3.8, 4) is 0 Å². The van der Waals surface area contributed by atoms with Crippen molar-refractivity contribution < 1.29 is 4.74 Å². The molecule has 2 heteroatoms. The van der Waals surface area contributed by atoms with E-state index in [9.17, 15) is 0 Å². The van der Waals surface area contributed by atoms with Gasteiger partial charge in [-0.15, -0.1) is 0 Å². The van der Waals surface area contributed by atoms with Gasteiger partial charge < -0.3 is 10.1 Å². The Balaban J connectivity index is 1.88. The molecule has 1 saturated heterocycles. The standard InChI is InChI=1S/C18H29NO/c1-3-4-6-11-18(16-9-7-5-8-10-16)19-14-17-12-13-20-15(17)2/h5,7-10,15,17-19H,3-4,6,11-14H2,1-2H3. The van der Waals surface area contributed by atoms with Crippen molar-refractivity contribution >= 4 is 0 Å². The molecule has 1 aliphatic heterocycles. The van der Waals surface area contributed by atoms with Gasteiger partial charge in [0.2, 0.25) is 0 Å². The molecule has 1 aliphatic rings. The number of benzene rings is 1. The lowest BCUT2D eigenvalue weighted by atomic mass is 9.98. The first-order chi connectivity index (χ1) is 9.81. The van der Waals surface area contributed by atoms with Gasteiger partial charge in [-0.25, -0.2) is 0 Å². The Hall–Kier alpha value is -0.860. The highest BCUT2D eigenvalue weighted by molar-refractivity contribution is 5.18. The summed E-state index contributed by atoms with van der Waals surface area (Å²) in [6, 6.07) is 11.4. The van der Waals surface area contributed by atoms with Gasteiger partial charge in [-0.2, -0.15) is 0 Å². The van der Waals surface area contributed by atoms with Crippen LogP contribution in [0.2, 0.25) is 0 Å². The monoisotopic (exact) mass is 275 g/mol. The van der Waals surface area contributed by atoms with Gasteiger partial charge in [0.05, 0.1) is 6.10 Å². The lowest BCUT2D eigenvalue weighted by molar-refractivity contribution is 0.104. The fourth-order valence-corrected chi connectivity index (χ4v) is 3.01. The van der Waals surface area contributed by atoms with Crippen LogP contribution in [0.5, 0.6) is 0 Å². The van der Waals surface area contributed by atoms with Crippen molar-refractivity contribution in [2.24, 2.45) is 5.92 Å². The third kappa shape index (κ3) is 4.60. The van der Waals surface area contributed by atoms with Gasteiger partial charge in [0.25, 0.3) is 0 Å². The summed E-state index contributed by atoms with van der Waals surface area (Å²) in [5.74, 6) is 0.674. The van der Waals surface area contributed by atoms with Gasteiger partial charge in [-0.1, -0.05) is 56.5 Å². The van der Waals surface area contributed by atoms with Crippen molar-refractivity contribution in [1.29, 1.82) is 0 Å². The maximum absolute atomic E-state index is 5.66. The third-order valence-electron chi connectivity index (χ3n) is 4.46. The smallest absolute Gasteiger partial charge is 0.0588 e. The van der Waals surface area contributed by atoms with Crippen LogP contribution < -0.4 is 5.32 Å². The maximum Gasteiger partial charge on any atom is 0.0588 e. The van der Waals surface area contributed by atoms with Gasteiger partial charge in [-0.05, 0) is 31.2 Å². The highest BCUT2D eigenvalue weighted by atomic mass is 16.5. The zero-order valence-corrected chi connectivity index (χ0v) is 13.0. The molecule has 0 radical (unpaired) electrons. The molecule has 0 saturated carbocycles. The Bertz CT molecular complexity index is 365. The van der Waals surface area contributed by atoms with Crippen LogP contribution in [0.1, 0.15) is 57.6 Å². The van der Waals surface area contributed by atoms with Crippen LogP contribution in [-0.2, 0) is 4.74 Å². The number of nitrogens with one attached hydrogen (secondary N) is 1. The van der Waals surface area contributed by atoms with Gasteiger partial charge in [-0.3, -0.25) is 0 Å². The summed E-state index contributed by atoms with van der Waals surface area (Å²) in [5.41, 5.74) is 1.43. The Morgan fingerprint density at radius 2 is 2.05 bits per heavy atom. The van der Waals surface area contributed by atoms with Crippen LogP contribution in [0.15, 0.2) is 30.3 Å². The van der Waals surface area contributed by atoms with E-state index in [0.717, 1.165) is 13.2 Å². The average Bonchev–Trinajstić information content (AvgIpc) is 2.89. The number of ether oxygens (including phenoxy) is 1. The van der Waals surface area contributed by atoms with Crippen molar-refractivity contribution in [3.63, 3.8) is 0 Å². The summed E-state index contributed by atoms with van der Waals surface area (Å²) >= 11 is 0. The van der Waals surface area contributed by atoms with E-state index in [-0.39, 0.29) is 0 Å². The average molecular weight is 275 g/mol. The minimum absolute atomic E-state index is 0.412. The van der Waals surface area contributed by atoms with Gasteiger partial charge in [0.15, 0.2) is 0 Å². The first-order valence-electron chi connectivity index (χ1n) is 8.21. The Labute approximate surface area is 123 Å². The summed E-state index contributed by atoms with van der Waals surface area (Å²) in [7, 11) is 0. The highest BCUT2D eigenvalue weighted by Crippen LogP contribution is 2.23. The molecule has 0 bridgehead atoms. The minimum Gasteiger partial charge on any atom is -0.378 e. The minimum atomic E-state index is 0.412. The van der Waals surface area contributed by atoms with E-state index in [1.807, 2.05) is 0 Å². The molecule has 0 amide bonds. The first kappa shape index (κ1) is 15.5. The lowest BCUT2D eigenvalue weighted by Gasteiger charge is -2.23. The van der Waals surface area contributed by atoms with Crippen molar-refractivity contribution in [2.75, 3.05) is 13.2 Å². The van der Waals surface area contributed by atoms with E-state index in [0.29, 0.717) is 18.1 Å². The molecule has 2 rings (SSSR count). The molecular formula is C18H29NO. The lowest BCUT2D eigenvalue weighted by Crippen LogP contribution is -2.30. The second kappa shape index (κ2) is 8.43. The van der Waals surface area contributed by atoms with Gasteiger partial charge in [0, 0.05) is 19.2 Å². The molecule has 0 aliphatic carbocycles. The van der Waals surface area contributed by atoms with E-state index in [1.54, 1.807) is 0 Å². The zero-order valence-electron chi connectivity index (χ0n) is 13.0. The molecule has 112 valence electrons. The largest absolute Gasteiger partial charge is 0.378 e. The van der Waals surface area contributed by atoms with E-state index >= 15 is 0 Å². The summed E-state index contributed by atoms with van der Waals surface area (Å²) in [6.45, 7) is 6.47. The first-order valence-corrected chi connectivity index (χ1v) is 8.21. The number of rotatable bonds is 8.